The van der Waals surface area contributed by atoms with E-state index in [4.69, 9.17) is 0 Å². The molecular formula is C15H24N6O3S. The smallest absolute Gasteiger partial charge is 0.317 e. The van der Waals surface area contributed by atoms with Gasteiger partial charge in [0.2, 0.25) is 16.0 Å². The molecule has 2 aliphatic heterocycles. The zero-order valence-electron chi connectivity index (χ0n) is 14.3. The molecule has 0 bridgehead atoms. The Bertz CT molecular complexity index is 690. The lowest BCUT2D eigenvalue weighted by Gasteiger charge is -2.37. The second-order valence-corrected chi connectivity index (χ2v) is 8.41. The number of amides is 2. The van der Waals surface area contributed by atoms with Crippen LogP contribution in [0.15, 0.2) is 18.5 Å². The molecule has 138 valence electrons. The normalized spacial score (nSPS) is 22.7. The van der Waals surface area contributed by atoms with Gasteiger partial charge in [0.05, 0.1) is 6.26 Å². The number of piperazine rings is 1. The summed E-state index contributed by atoms with van der Waals surface area (Å²) in [6, 6.07) is 1.51. The van der Waals surface area contributed by atoms with Crippen LogP contribution >= 0.6 is 0 Å². The molecule has 2 saturated heterocycles. The third kappa shape index (κ3) is 4.57. The lowest BCUT2D eigenvalue weighted by molar-refractivity contribution is 0.182. The first-order valence-corrected chi connectivity index (χ1v) is 10.3. The number of carbonyl (C=O) groups excluding carboxylic acids is 1. The van der Waals surface area contributed by atoms with E-state index in [0.717, 1.165) is 12.8 Å². The van der Waals surface area contributed by atoms with Crippen LogP contribution in [0.5, 0.6) is 0 Å². The summed E-state index contributed by atoms with van der Waals surface area (Å²) in [5.41, 5.74) is 0. The number of sulfonamides is 1. The number of piperidine rings is 1. The highest BCUT2D eigenvalue weighted by Gasteiger charge is 2.29. The first-order valence-electron chi connectivity index (χ1n) is 8.46. The molecule has 1 aromatic rings. The van der Waals surface area contributed by atoms with E-state index < -0.39 is 10.0 Å². The highest BCUT2D eigenvalue weighted by atomic mass is 32.2. The zero-order valence-corrected chi connectivity index (χ0v) is 15.2. The summed E-state index contributed by atoms with van der Waals surface area (Å²) < 4.78 is 24.8. The number of urea groups is 1. The van der Waals surface area contributed by atoms with Gasteiger partial charge in [-0.2, -0.15) is 0 Å². The predicted molar refractivity (Wildman–Crippen MR) is 93.8 cm³/mol. The summed E-state index contributed by atoms with van der Waals surface area (Å²) in [7, 11) is -3.21. The van der Waals surface area contributed by atoms with Gasteiger partial charge in [-0.15, -0.1) is 0 Å². The van der Waals surface area contributed by atoms with E-state index in [2.05, 4.69) is 20.2 Å². The minimum absolute atomic E-state index is 0.131. The SMILES string of the molecule is CS(=O)(=O)N1CCCC(NC(=O)N2CCN(c3ncccn3)CC2)C1. The molecule has 25 heavy (non-hydrogen) atoms. The van der Waals surface area contributed by atoms with Crippen LogP contribution in [-0.4, -0.2) is 85.2 Å². The van der Waals surface area contributed by atoms with Crippen molar-refractivity contribution < 1.29 is 13.2 Å². The first kappa shape index (κ1) is 17.9. The van der Waals surface area contributed by atoms with Crippen molar-refractivity contribution in [2.45, 2.75) is 18.9 Å². The third-order valence-corrected chi connectivity index (χ3v) is 5.85. The van der Waals surface area contributed by atoms with Gasteiger partial charge in [0.15, 0.2) is 0 Å². The van der Waals surface area contributed by atoms with Gasteiger partial charge in [-0.3, -0.25) is 0 Å². The Morgan fingerprint density at radius 2 is 1.84 bits per heavy atom. The van der Waals surface area contributed by atoms with Crippen LogP contribution in [-0.2, 0) is 10.0 Å². The standard InChI is InChI=1S/C15H24N6O3S/c1-25(23,24)21-7-2-4-13(12-21)18-15(22)20-10-8-19(9-11-20)14-16-5-3-6-17-14/h3,5-6,13H,2,4,7-12H2,1H3,(H,18,22). The van der Waals surface area contributed by atoms with Crippen molar-refractivity contribution >= 4 is 22.0 Å². The number of nitrogens with zero attached hydrogens (tertiary/aromatic N) is 5. The van der Waals surface area contributed by atoms with Crippen molar-refractivity contribution in [1.29, 1.82) is 0 Å². The molecule has 0 radical (unpaired) electrons. The van der Waals surface area contributed by atoms with Crippen molar-refractivity contribution in [3.8, 4) is 0 Å². The summed E-state index contributed by atoms with van der Waals surface area (Å²) in [5.74, 6) is 0.679. The lowest BCUT2D eigenvalue weighted by Crippen LogP contribution is -2.56. The molecule has 3 rings (SSSR count). The van der Waals surface area contributed by atoms with Gasteiger partial charge in [0, 0.05) is 57.7 Å². The highest BCUT2D eigenvalue weighted by molar-refractivity contribution is 7.88. The summed E-state index contributed by atoms with van der Waals surface area (Å²) in [6.07, 6.45) is 6.19. The Morgan fingerprint density at radius 1 is 1.16 bits per heavy atom. The van der Waals surface area contributed by atoms with E-state index in [1.807, 2.05) is 0 Å². The van der Waals surface area contributed by atoms with Crippen LogP contribution in [0.25, 0.3) is 0 Å². The average molecular weight is 368 g/mol. The van der Waals surface area contributed by atoms with Gasteiger partial charge in [-0.1, -0.05) is 0 Å². The summed E-state index contributed by atoms with van der Waals surface area (Å²) >= 11 is 0. The molecule has 9 nitrogen and oxygen atoms in total. The molecule has 0 saturated carbocycles. The molecule has 1 aromatic heterocycles. The monoisotopic (exact) mass is 368 g/mol. The molecule has 3 heterocycles. The van der Waals surface area contributed by atoms with Crippen LogP contribution in [0.2, 0.25) is 0 Å². The van der Waals surface area contributed by atoms with Crippen molar-refractivity contribution in [3.63, 3.8) is 0 Å². The quantitative estimate of drug-likeness (QED) is 0.789. The fourth-order valence-corrected chi connectivity index (χ4v) is 4.10. The van der Waals surface area contributed by atoms with Crippen LogP contribution in [0.3, 0.4) is 0 Å². The number of rotatable bonds is 3. The Balaban J connectivity index is 1.50. The van der Waals surface area contributed by atoms with Crippen LogP contribution < -0.4 is 10.2 Å². The van der Waals surface area contributed by atoms with Crippen molar-refractivity contribution in [2.75, 3.05) is 50.4 Å². The maximum atomic E-state index is 12.5. The van der Waals surface area contributed by atoms with Crippen LogP contribution in [0.1, 0.15) is 12.8 Å². The molecule has 1 atom stereocenters. The van der Waals surface area contributed by atoms with Crippen molar-refractivity contribution in [3.05, 3.63) is 18.5 Å². The molecule has 0 aliphatic carbocycles. The number of hydrogen-bond donors (Lipinski definition) is 1. The van der Waals surface area contributed by atoms with Crippen molar-refractivity contribution in [1.82, 2.24) is 24.5 Å². The lowest BCUT2D eigenvalue weighted by atomic mass is 10.1. The van der Waals surface area contributed by atoms with E-state index in [1.165, 1.54) is 10.6 Å². The van der Waals surface area contributed by atoms with Gasteiger partial charge >= 0.3 is 6.03 Å². The second kappa shape index (κ2) is 7.52. The van der Waals surface area contributed by atoms with E-state index in [9.17, 15) is 13.2 Å². The summed E-state index contributed by atoms with van der Waals surface area (Å²) in [4.78, 5) is 24.7. The number of anilines is 1. The highest BCUT2D eigenvalue weighted by Crippen LogP contribution is 2.14. The largest absolute Gasteiger partial charge is 0.337 e. The zero-order chi connectivity index (χ0) is 17.9. The minimum Gasteiger partial charge on any atom is -0.337 e. The van der Waals surface area contributed by atoms with E-state index in [0.29, 0.717) is 45.2 Å². The Morgan fingerprint density at radius 3 is 2.48 bits per heavy atom. The van der Waals surface area contributed by atoms with Crippen LogP contribution in [0.4, 0.5) is 10.7 Å². The number of carbonyl (C=O) groups is 1. The van der Waals surface area contributed by atoms with E-state index in [1.54, 1.807) is 23.4 Å². The maximum absolute atomic E-state index is 12.5. The molecule has 2 fully saturated rings. The number of aromatic nitrogens is 2. The van der Waals surface area contributed by atoms with Gasteiger partial charge < -0.3 is 15.1 Å². The van der Waals surface area contributed by atoms with Gasteiger partial charge in [-0.05, 0) is 18.9 Å². The minimum atomic E-state index is -3.21. The maximum Gasteiger partial charge on any atom is 0.317 e. The van der Waals surface area contributed by atoms with Crippen molar-refractivity contribution in [2.24, 2.45) is 0 Å². The van der Waals surface area contributed by atoms with E-state index in [-0.39, 0.29) is 12.1 Å². The van der Waals surface area contributed by atoms with Gasteiger partial charge in [0.1, 0.15) is 0 Å². The summed E-state index contributed by atoms with van der Waals surface area (Å²) in [5, 5.41) is 2.98. The average Bonchev–Trinajstić information content (AvgIpc) is 2.62. The summed E-state index contributed by atoms with van der Waals surface area (Å²) in [6.45, 7) is 3.41. The van der Waals surface area contributed by atoms with Gasteiger partial charge in [-0.25, -0.2) is 27.5 Å². The fourth-order valence-electron chi connectivity index (χ4n) is 3.19. The number of nitrogens with one attached hydrogen (secondary N) is 1. The Hall–Kier alpha value is -1.94. The van der Waals surface area contributed by atoms with Crippen LogP contribution in [0, 0.1) is 0 Å². The van der Waals surface area contributed by atoms with Gasteiger partial charge in [0.25, 0.3) is 0 Å². The Labute approximate surface area is 148 Å². The molecule has 2 aliphatic rings. The predicted octanol–water partition coefficient (Wildman–Crippen LogP) is -0.268. The molecule has 1 N–H and O–H groups in total. The number of hydrogen-bond acceptors (Lipinski definition) is 6. The molecule has 2 amide bonds. The Kier molecular flexibility index (Phi) is 5.38. The third-order valence-electron chi connectivity index (χ3n) is 4.58. The molecule has 0 spiro atoms. The first-order chi connectivity index (χ1) is 11.9. The topological polar surface area (TPSA) is 98.7 Å². The molecule has 0 aromatic carbocycles. The van der Waals surface area contributed by atoms with E-state index >= 15 is 0 Å². The molecule has 1 unspecified atom stereocenters. The second-order valence-electron chi connectivity index (χ2n) is 6.43. The fraction of sp³-hybridized carbons (Fsp3) is 0.667. The molecular weight excluding hydrogens is 344 g/mol. The molecule has 10 heteroatoms.